The fraction of sp³-hybridized carbons (Fsp3) is 0.231. The van der Waals surface area contributed by atoms with Crippen molar-refractivity contribution in [3.63, 3.8) is 0 Å². The van der Waals surface area contributed by atoms with Crippen LogP contribution in [-0.2, 0) is 13.2 Å². The van der Waals surface area contributed by atoms with Gasteiger partial charge in [-0.25, -0.2) is 8.78 Å². The minimum absolute atomic E-state index is 0.150. The molecule has 5 heteroatoms. The number of aryl methyl sites for hydroxylation is 1. The minimum atomic E-state index is -0.646. The van der Waals surface area contributed by atoms with E-state index in [0.29, 0.717) is 17.1 Å². The van der Waals surface area contributed by atoms with Crippen LogP contribution in [0.3, 0.4) is 0 Å². The van der Waals surface area contributed by atoms with Crippen LogP contribution in [0.1, 0.15) is 17.1 Å². The first kappa shape index (κ1) is 12.6. The van der Waals surface area contributed by atoms with Crippen molar-refractivity contribution in [2.24, 2.45) is 0 Å². The minimum Gasteiger partial charge on any atom is -0.462 e. The lowest BCUT2D eigenvalue weighted by atomic mass is 10.2. The molecule has 0 bridgehead atoms. The van der Waals surface area contributed by atoms with E-state index in [4.69, 9.17) is 9.52 Å². The third-order valence-corrected chi connectivity index (χ3v) is 2.60. The molecule has 1 aromatic carbocycles. The summed E-state index contributed by atoms with van der Waals surface area (Å²) in [6.45, 7) is 1.52. The van der Waals surface area contributed by atoms with Crippen molar-refractivity contribution in [3.05, 3.63) is 53.0 Å². The highest BCUT2D eigenvalue weighted by Crippen LogP contribution is 2.22. The summed E-state index contributed by atoms with van der Waals surface area (Å²) >= 11 is 0. The van der Waals surface area contributed by atoms with Gasteiger partial charge in [0, 0.05) is 0 Å². The van der Waals surface area contributed by atoms with Gasteiger partial charge in [0.05, 0.1) is 6.54 Å². The van der Waals surface area contributed by atoms with Crippen LogP contribution in [0.15, 0.2) is 28.7 Å². The van der Waals surface area contributed by atoms with Gasteiger partial charge in [-0.15, -0.1) is 0 Å². The molecule has 96 valence electrons. The lowest BCUT2D eigenvalue weighted by Crippen LogP contribution is -2.04. The van der Waals surface area contributed by atoms with E-state index in [1.807, 2.05) is 0 Å². The molecule has 1 aromatic heterocycles. The van der Waals surface area contributed by atoms with Crippen LogP contribution in [0.4, 0.5) is 14.5 Å². The number of aliphatic hydroxyl groups excluding tert-OH is 1. The smallest absolute Gasteiger partial charge is 0.152 e. The highest BCUT2D eigenvalue weighted by atomic mass is 19.1. The van der Waals surface area contributed by atoms with Crippen molar-refractivity contribution in [1.82, 2.24) is 0 Å². The van der Waals surface area contributed by atoms with Crippen LogP contribution in [0.5, 0.6) is 0 Å². The third kappa shape index (κ3) is 2.51. The first-order valence-electron chi connectivity index (χ1n) is 5.48. The summed E-state index contributed by atoms with van der Waals surface area (Å²) in [6.07, 6.45) is 0. The zero-order chi connectivity index (χ0) is 13.1. The van der Waals surface area contributed by atoms with E-state index in [9.17, 15) is 8.78 Å². The Morgan fingerprint density at radius 3 is 2.56 bits per heavy atom. The van der Waals surface area contributed by atoms with E-state index < -0.39 is 11.6 Å². The maximum atomic E-state index is 13.7. The van der Waals surface area contributed by atoms with Crippen molar-refractivity contribution in [2.75, 3.05) is 5.32 Å². The molecule has 0 amide bonds. The molecule has 0 fully saturated rings. The maximum Gasteiger partial charge on any atom is 0.152 e. The normalized spacial score (nSPS) is 10.7. The Bertz CT molecular complexity index is 552. The van der Waals surface area contributed by atoms with Gasteiger partial charge < -0.3 is 14.8 Å². The van der Waals surface area contributed by atoms with Gasteiger partial charge in [-0.2, -0.15) is 0 Å². The summed E-state index contributed by atoms with van der Waals surface area (Å²) in [5.74, 6) is -0.340. The SMILES string of the molecule is Cc1ccc(F)c(NCc2ccc(CO)o2)c1F. The number of hydrogen-bond acceptors (Lipinski definition) is 3. The van der Waals surface area contributed by atoms with Gasteiger partial charge in [-0.05, 0) is 30.7 Å². The van der Waals surface area contributed by atoms with E-state index >= 15 is 0 Å². The first-order valence-corrected chi connectivity index (χ1v) is 5.48. The molecular formula is C13H13F2NO2. The van der Waals surface area contributed by atoms with Crippen LogP contribution in [0, 0.1) is 18.6 Å². The average Bonchev–Trinajstić information content (AvgIpc) is 2.82. The summed E-state index contributed by atoms with van der Waals surface area (Å²) in [5.41, 5.74) is 0.200. The highest BCUT2D eigenvalue weighted by Gasteiger charge is 2.11. The Morgan fingerprint density at radius 1 is 1.17 bits per heavy atom. The van der Waals surface area contributed by atoms with Gasteiger partial charge in [-0.1, -0.05) is 6.07 Å². The fourth-order valence-corrected chi connectivity index (χ4v) is 1.60. The van der Waals surface area contributed by atoms with Gasteiger partial charge in [0.15, 0.2) is 5.82 Å². The molecule has 0 aliphatic rings. The number of halogens is 2. The molecule has 0 aliphatic carbocycles. The quantitative estimate of drug-likeness (QED) is 0.880. The number of benzene rings is 1. The van der Waals surface area contributed by atoms with E-state index in [0.717, 1.165) is 0 Å². The molecule has 3 nitrogen and oxygen atoms in total. The molecule has 0 atom stereocenters. The van der Waals surface area contributed by atoms with Gasteiger partial charge in [0.2, 0.25) is 0 Å². The van der Waals surface area contributed by atoms with Gasteiger partial charge in [0.25, 0.3) is 0 Å². The van der Waals surface area contributed by atoms with E-state index in [1.165, 1.54) is 12.1 Å². The van der Waals surface area contributed by atoms with Gasteiger partial charge in [-0.3, -0.25) is 0 Å². The largest absolute Gasteiger partial charge is 0.462 e. The fourth-order valence-electron chi connectivity index (χ4n) is 1.60. The topological polar surface area (TPSA) is 45.4 Å². The van der Waals surface area contributed by atoms with Crippen LogP contribution in [-0.4, -0.2) is 5.11 Å². The lowest BCUT2D eigenvalue weighted by Gasteiger charge is -2.08. The molecule has 18 heavy (non-hydrogen) atoms. The third-order valence-electron chi connectivity index (χ3n) is 2.60. The predicted octanol–water partition coefficient (Wildman–Crippen LogP) is 2.97. The summed E-state index contributed by atoms with van der Waals surface area (Å²) in [5, 5.41) is 11.5. The second-order valence-electron chi connectivity index (χ2n) is 3.93. The summed E-state index contributed by atoms with van der Waals surface area (Å²) in [4.78, 5) is 0. The van der Waals surface area contributed by atoms with Crippen molar-refractivity contribution in [1.29, 1.82) is 0 Å². The van der Waals surface area contributed by atoms with Gasteiger partial charge in [0.1, 0.15) is 29.6 Å². The average molecular weight is 253 g/mol. The number of aliphatic hydroxyl groups is 1. The molecule has 1 heterocycles. The Morgan fingerprint density at radius 2 is 1.89 bits per heavy atom. The second-order valence-corrected chi connectivity index (χ2v) is 3.93. The van der Waals surface area contributed by atoms with Crippen LogP contribution in [0.25, 0.3) is 0 Å². The Balaban J connectivity index is 2.12. The highest BCUT2D eigenvalue weighted by molar-refractivity contribution is 5.49. The Labute approximate surface area is 103 Å². The monoisotopic (exact) mass is 253 g/mol. The van der Waals surface area contributed by atoms with E-state index in [2.05, 4.69) is 5.32 Å². The van der Waals surface area contributed by atoms with Crippen molar-refractivity contribution >= 4 is 5.69 Å². The van der Waals surface area contributed by atoms with Crippen molar-refractivity contribution in [3.8, 4) is 0 Å². The molecule has 2 N–H and O–H groups in total. The van der Waals surface area contributed by atoms with Crippen molar-refractivity contribution in [2.45, 2.75) is 20.1 Å². The van der Waals surface area contributed by atoms with Crippen molar-refractivity contribution < 1.29 is 18.3 Å². The molecule has 0 saturated heterocycles. The van der Waals surface area contributed by atoms with Crippen LogP contribution in [0.2, 0.25) is 0 Å². The molecule has 0 unspecified atom stereocenters. The number of nitrogens with one attached hydrogen (secondary N) is 1. The predicted molar refractivity (Wildman–Crippen MR) is 63.1 cm³/mol. The molecule has 0 spiro atoms. The number of rotatable bonds is 4. The van der Waals surface area contributed by atoms with Crippen LogP contribution < -0.4 is 5.32 Å². The molecule has 2 aromatic rings. The standard InChI is InChI=1S/C13H13F2NO2/c1-8-2-5-11(14)13(12(8)15)16-6-9-3-4-10(7-17)18-9/h2-5,16-17H,6-7H2,1H3. The molecule has 0 aliphatic heterocycles. The van der Waals surface area contributed by atoms with Crippen LogP contribution >= 0.6 is 0 Å². The molecule has 2 rings (SSSR count). The van der Waals surface area contributed by atoms with E-state index in [-0.39, 0.29) is 18.8 Å². The lowest BCUT2D eigenvalue weighted by molar-refractivity contribution is 0.244. The zero-order valence-corrected chi connectivity index (χ0v) is 9.84. The Hall–Kier alpha value is -1.88. The first-order chi connectivity index (χ1) is 8.61. The molecule has 0 radical (unpaired) electrons. The van der Waals surface area contributed by atoms with E-state index in [1.54, 1.807) is 19.1 Å². The summed E-state index contributed by atoms with van der Waals surface area (Å²) in [7, 11) is 0. The maximum absolute atomic E-state index is 13.7. The number of anilines is 1. The molecule has 0 saturated carbocycles. The second kappa shape index (κ2) is 5.18. The Kier molecular flexibility index (Phi) is 3.62. The zero-order valence-electron chi connectivity index (χ0n) is 9.84. The molecular weight excluding hydrogens is 240 g/mol. The summed E-state index contributed by atoms with van der Waals surface area (Å²) in [6, 6.07) is 5.85. The number of hydrogen-bond donors (Lipinski definition) is 2. The van der Waals surface area contributed by atoms with Gasteiger partial charge >= 0.3 is 0 Å². The summed E-state index contributed by atoms with van der Waals surface area (Å²) < 4.78 is 32.3. The number of furan rings is 1.